The van der Waals surface area contributed by atoms with E-state index in [4.69, 9.17) is 19.6 Å². The smallest absolute Gasteiger partial charge is 0.276 e. The summed E-state index contributed by atoms with van der Waals surface area (Å²) in [6.45, 7) is 8.75. The summed E-state index contributed by atoms with van der Waals surface area (Å²) in [4.78, 5) is 0. The van der Waals surface area contributed by atoms with E-state index >= 15 is 0 Å². The topological polar surface area (TPSA) is 83.4 Å². The second-order valence-electron chi connectivity index (χ2n) is 6.94. The zero-order chi connectivity index (χ0) is 17.8. The number of nitrogens with zero attached hydrogens (tertiary/aromatic N) is 2. The molecule has 7 heteroatoms. The van der Waals surface area contributed by atoms with Crippen LogP contribution in [0.25, 0.3) is 11.5 Å². The van der Waals surface area contributed by atoms with Crippen molar-refractivity contribution < 1.29 is 13.9 Å². The number of hydrogen-bond donors (Lipinski definition) is 1. The third-order valence-corrected chi connectivity index (χ3v) is 3.51. The zero-order valence-electron chi connectivity index (χ0n) is 14.8. The molecule has 0 aliphatic carbocycles. The predicted molar refractivity (Wildman–Crippen MR) is 95.3 cm³/mol. The second-order valence-corrected chi connectivity index (χ2v) is 7.70. The summed E-state index contributed by atoms with van der Waals surface area (Å²) in [5.74, 6) is 1.25. The number of benzene rings is 1. The first kappa shape index (κ1) is 18.8. The minimum atomic E-state index is -0.455. The fraction of sp³-hybridized carbons (Fsp3) is 0.529. The molecular weight excluding hydrogens is 326 g/mol. The first-order chi connectivity index (χ1) is 11.2. The van der Waals surface area contributed by atoms with Gasteiger partial charge in [0, 0.05) is 11.1 Å². The third kappa shape index (κ3) is 5.81. The molecule has 1 heterocycles. The van der Waals surface area contributed by atoms with Crippen LogP contribution in [0.1, 0.15) is 27.7 Å². The number of ether oxygens (including phenoxy) is 2. The maximum atomic E-state index is 6.00. The lowest BCUT2D eigenvalue weighted by Crippen LogP contribution is -2.41. The van der Waals surface area contributed by atoms with Gasteiger partial charge in [-0.2, -0.15) is 0 Å². The Balaban J connectivity index is 1.95. The molecule has 0 amide bonds. The van der Waals surface area contributed by atoms with Crippen LogP contribution in [0, 0.1) is 0 Å². The van der Waals surface area contributed by atoms with Crippen LogP contribution in [0.3, 0.4) is 0 Å². The summed E-state index contributed by atoms with van der Waals surface area (Å²) in [5.41, 5.74) is 5.96. The molecule has 2 aromatic rings. The molecule has 0 unspecified atom stereocenters. The fourth-order valence-electron chi connectivity index (χ4n) is 1.98. The van der Waals surface area contributed by atoms with Gasteiger partial charge in [0.25, 0.3) is 5.22 Å². The van der Waals surface area contributed by atoms with E-state index in [2.05, 4.69) is 10.2 Å². The highest BCUT2D eigenvalue weighted by molar-refractivity contribution is 7.98. The molecule has 0 bridgehead atoms. The molecule has 0 fully saturated rings. The molecule has 0 spiro atoms. The molecule has 1 aromatic heterocycles. The molecule has 132 valence electrons. The summed E-state index contributed by atoms with van der Waals surface area (Å²) < 4.78 is 17.2. The molecule has 0 atom stereocenters. The lowest BCUT2D eigenvalue weighted by molar-refractivity contribution is -0.0151. The van der Waals surface area contributed by atoms with Crippen LogP contribution >= 0.6 is 11.8 Å². The molecule has 0 aliphatic heterocycles. The van der Waals surface area contributed by atoms with Crippen LogP contribution in [0.5, 0.6) is 5.75 Å². The van der Waals surface area contributed by atoms with Crippen LogP contribution in [-0.4, -0.2) is 40.8 Å². The van der Waals surface area contributed by atoms with Crippen molar-refractivity contribution in [3.8, 4) is 17.2 Å². The normalized spacial score (nSPS) is 12.4. The quantitative estimate of drug-likeness (QED) is 0.730. The summed E-state index contributed by atoms with van der Waals surface area (Å²) in [5, 5.41) is 8.50. The van der Waals surface area contributed by atoms with Gasteiger partial charge in [0.1, 0.15) is 11.4 Å². The van der Waals surface area contributed by atoms with E-state index in [9.17, 15) is 0 Å². The lowest BCUT2D eigenvalue weighted by Gasteiger charge is -2.28. The summed E-state index contributed by atoms with van der Waals surface area (Å²) >= 11 is 1.42. The Morgan fingerprint density at radius 3 is 2.29 bits per heavy atom. The van der Waals surface area contributed by atoms with E-state index in [0.29, 0.717) is 24.3 Å². The average Bonchev–Trinajstić information content (AvgIpc) is 2.95. The number of nitrogens with two attached hydrogens (primary N) is 1. The van der Waals surface area contributed by atoms with Crippen molar-refractivity contribution in [1.29, 1.82) is 0 Å². The molecule has 2 N–H and O–H groups in total. The van der Waals surface area contributed by atoms with E-state index in [1.807, 2.05) is 58.2 Å². The largest absolute Gasteiger partial charge is 0.485 e. The van der Waals surface area contributed by atoms with Gasteiger partial charge in [-0.05, 0) is 58.2 Å². The van der Waals surface area contributed by atoms with Gasteiger partial charge in [-0.25, -0.2) is 0 Å². The Labute approximate surface area is 147 Å². The molecule has 1 aromatic carbocycles. The number of thioether (sulfide) groups is 1. The highest BCUT2D eigenvalue weighted by Gasteiger charge is 2.22. The fourth-order valence-corrected chi connectivity index (χ4v) is 2.27. The minimum Gasteiger partial charge on any atom is -0.485 e. The number of rotatable bonds is 8. The van der Waals surface area contributed by atoms with Crippen LogP contribution < -0.4 is 10.5 Å². The molecule has 0 aliphatic rings. The summed E-state index contributed by atoms with van der Waals surface area (Å²) in [6, 6.07) is 7.56. The van der Waals surface area contributed by atoms with Gasteiger partial charge in [0.15, 0.2) is 0 Å². The maximum Gasteiger partial charge on any atom is 0.276 e. The van der Waals surface area contributed by atoms with Crippen molar-refractivity contribution in [2.24, 2.45) is 5.73 Å². The van der Waals surface area contributed by atoms with Gasteiger partial charge in [-0.1, -0.05) is 11.8 Å². The van der Waals surface area contributed by atoms with Crippen LogP contribution in [0.2, 0.25) is 0 Å². The standard InChI is InChI=1S/C17H25N3O3S/c1-16(2,18)10-21-11-17(3,4)23-13-8-6-12(7-9-13)14-19-20-15(22-14)24-5/h6-9H,10-11,18H2,1-5H3. The SMILES string of the molecule is CSc1nnc(-c2ccc(OC(C)(C)COCC(C)(C)N)cc2)o1. The number of aromatic nitrogens is 2. The van der Waals surface area contributed by atoms with Crippen LogP contribution in [-0.2, 0) is 4.74 Å². The maximum absolute atomic E-state index is 6.00. The molecule has 0 radical (unpaired) electrons. The Hall–Kier alpha value is -1.57. The molecular formula is C17H25N3O3S. The second kappa shape index (κ2) is 7.55. The molecule has 0 saturated heterocycles. The van der Waals surface area contributed by atoms with E-state index < -0.39 is 5.60 Å². The van der Waals surface area contributed by atoms with Crippen LogP contribution in [0.4, 0.5) is 0 Å². The third-order valence-electron chi connectivity index (χ3n) is 3.00. The highest BCUT2D eigenvalue weighted by Crippen LogP contribution is 2.25. The highest BCUT2D eigenvalue weighted by atomic mass is 32.2. The van der Waals surface area contributed by atoms with Crippen molar-refractivity contribution in [3.63, 3.8) is 0 Å². The summed E-state index contributed by atoms with van der Waals surface area (Å²) in [7, 11) is 0. The Bertz CT molecular complexity index is 648. The van der Waals surface area contributed by atoms with Crippen molar-refractivity contribution in [2.45, 2.75) is 44.1 Å². The Morgan fingerprint density at radius 1 is 1.08 bits per heavy atom. The van der Waals surface area contributed by atoms with Gasteiger partial charge in [0.05, 0.1) is 13.2 Å². The van der Waals surface area contributed by atoms with Gasteiger partial charge in [-0.15, -0.1) is 10.2 Å². The van der Waals surface area contributed by atoms with Crippen molar-refractivity contribution >= 4 is 11.8 Å². The van der Waals surface area contributed by atoms with Gasteiger partial charge >= 0.3 is 0 Å². The van der Waals surface area contributed by atoms with Crippen molar-refractivity contribution in [2.75, 3.05) is 19.5 Å². The molecule has 24 heavy (non-hydrogen) atoms. The first-order valence-corrected chi connectivity index (χ1v) is 8.95. The Kier molecular flexibility index (Phi) is 5.90. The number of hydrogen-bond acceptors (Lipinski definition) is 7. The zero-order valence-corrected chi connectivity index (χ0v) is 15.6. The summed E-state index contributed by atoms with van der Waals surface area (Å²) in [6.07, 6.45) is 1.89. The molecule has 0 saturated carbocycles. The van der Waals surface area contributed by atoms with Gasteiger partial charge in [0.2, 0.25) is 5.89 Å². The lowest BCUT2D eigenvalue weighted by atomic mass is 10.1. The van der Waals surface area contributed by atoms with Crippen LogP contribution in [0.15, 0.2) is 33.9 Å². The Morgan fingerprint density at radius 2 is 1.75 bits per heavy atom. The first-order valence-electron chi connectivity index (χ1n) is 7.72. The average molecular weight is 351 g/mol. The monoisotopic (exact) mass is 351 g/mol. The van der Waals surface area contributed by atoms with E-state index in [-0.39, 0.29) is 5.54 Å². The van der Waals surface area contributed by atoms with E-state index in [1.54, 1.807) is 0 Å². The minimum absolute atomic E-state index is 0.350. The van der Waals surface area contributed by atoms with Gasteiger partial charge < -0.3 is 19.6 Å². The van der Waals surface area contributed by atoms with Crippen molar-refractivity contribution in [1.82, 2.24) is 10.2 Å². The van der Waals surface area contributed by atoms with E-state index in [1.165, 1.54) is 11.8 Å². The van der Waals surface area contributed by atoms with Gasteiger partial charge in [-0.3, -0.25) is 0 Å². The van der Waals surface area contributed by atoms with E-state index in [0.717, 1.165) is 11.3 Å². The predicted octanol–water partition coefficient (Wildman–Crippen LogP) is 3.37. The van der Waals surface area contributed by atoms with Crippen molar-refractivity contribution in [3.05, 3.63) is 24.3 Å². The molecule has 2 rings (SSSR count). The molecule has 6 nitrogen and oxygen atoms in total.